The van der Waals surface area contributed by atoms with E-state index in [-0.39, 0.29) is 10.8 Å². The molecule has 110 valence electrons. The summed E-state index contributed by atoms with van der Waals surface area (Å²) in [6, 6.07) is 2.95. The van der Waals surface area contributed by atoms with Crippen LogP contribution in [0.4, 0.5) is 0 Å². The third-order valence-electron chi connectivity index (χ3n) is 3.03. The molecule has 0 atom stereocenters. The van der Waals surface area contributed by atoms with Crippen LogP contribution in [0.25, 0.3) is 0 Å². The van der Waals surface area contributed by atoms with Crippen LogP contribution in [0, 0.1) is 6.92 Å². The van der Waals surface area contributed by atoms with E-state index in [4.69, 9.17) is 15.4 Å². The first-order chi connectivity index (χ1) is 9.30. The second-order valence-electron chi connectivity index (χ2n) is 4.45. The first kappa shape index (κ1) is 15.8. The second kappa shape index (κ2) is 6.01. The van der Waals surface area contributed by atoms with Crippen LogP contribution in [0.1, 0.15) is 15.9 Å². The molecular weight excluding hydrogens is 370 g/mol. The van der Waals surface area contributed by atoms with Gasteiger partial charge in [0.05, 0.1) is 18.1 Å². The molecule has 0 unspecified atom stereocenters. The van der Waals surface area contributed by atoms with Crippen molar-refractivity contribution in [2.24, 2.45) is 0 Å². The average molecular weight is 383 g/mol. The van der Waals surface area contributed by atoms with Crippen LogP contribution >= 0.6 is 26.6 Å². The summed E-state index contributed by atoms with van der Waals surface area (Å²) in [5.74, 6) is -0.217. The van der Waals surface area contributed by atoms with Crippen molar-refractivity contribution in [3.8, 4) is 0 Å². The standard InChI is InChI=1S/C12H13BrClNO4S/c1-8-6-9(7-10(11(8)13)20(14,17)18)12(16)15-2-4-19-5-3-15/h6-7H,2-5H2,1H3. The molecule has 1 aromatic carbocycles. The number of morpholine rings is 1. The van der Waals surface area contributed by atoms with Crippen LogP contribution < -0.4 is 0 Å². The van der Waals surface area contributed by atoms with Gasteiger partial charge in [-0.05, 0) is 40.5 Å². The van der Waals surface area contributed by atoms with Crippen molar-refractivity contribution in [2.45, 2.75) is 11.8 Å². The fourth-order valence-corrected chi connectivity index (χ4v) is 4.14. The summed E-state index contributed by atoms with van der Waals surface area (Å²) in [6.45, 7) is 3.68. The highest BCUT2D eigenvalue weighted by Gasteiger charge is 2.23. The van der Waals surface area contributed by atoms with Gasteiger partial charge in [0.25, 0.3) is 15.0 Å². The van der Waals surface area contributed by atoms with Gasteiger partial charge in [0.2, 0.25) is 0 Å². The Kier molecular flexibility index (Phi) is 4.73. The zero-order valence-electron chi connectivity index (χ0n) is 10.7. The first-order valence-corrected chi connectivity index (χ1v) is 9.03. The quantitative estimate of drug-likeness (QED) is 0.735. The van der Waals surface area contributed by atoms with Crippen LogP contribution in [0.3, 0.4) is 0 Å². The van der Waals surface area contributed by atoms with Crippen LogP contribution in [-0.2, 0) is 13.8 Å². The van der Waals surface area contributed by atoms with Gasteiger partial charge in [0.1, 0.15) is 0 Å². The molecule has 0 radical (unpaired) electrons. The molecule has 1 heterocycles. The Labute approximate surface area is 130 Å². The smallest absolute Gasteiger partial charge is 0.262 e. The van der Waals surface area contributed by atoms with E-state index in [1.807, 2.05) is 0 Å². The molecule has 1 fully saturated rings. The number of rotatable bonds is 2. The normalized spacial score (nSPS) is 16.2. The maximum absolute atomic E-state index is 12.4. The Morgan fingerprint density at radius 3 is 2.50 bits per heavy atom. The number of amides is 1. The van der Waals surface area contributed by atoms with Gasteiger partial charge < -0.3 is 9.64 Å². The molecule has 8 heteroatoms. The number of aryl methyl sites for hydroxylation is 1. The van der Waals surface area contributed by atoms with Gasteiger partial charge in [-0.3, -0.25) is 4.79 Å². The van der Waals surface area contributed by atoms with E-state index in [0.717, 1.165) is 0 Å². The number of hydrogen-bond donors (Lipinski definition) is 0. The lowest BCUT2D eigenvalue weighted by Gasteiger charge is -2.27. The number of ether oxygens (including phenoxy) is 1. The Hall–Kier alpha value is -0.630. The van der Waals surface area contributed by atoms with Crippen molar-refractivity contribution in [1.82, 2.24) is 4.90 Å². The van der Waals surface area contributed by atoms with Gasteiger partial charge in [0.15, 0.2) is 0 Å². The third-order valence-corrected chi connectivity index (χ3v) is 5.69. The lowest BCUT2D eigenvalue weighted by Crippen LogP contribution is -2.40. The van der Waals surface area contributed by atoms with Crippen LogP contribution in [0.15, 0.2) is 21.5 Å². The van der Waals surface area contributed by atoms with Crippen molar-refractivity contribution in [3.63, 3.8) is 0 Å². The van der Waals surface area contributed by atoms with Gasteiger partial charge in [-0.15, -0.1) is 0 Å². The minimum atomic E-state index is -3.91. The van der Waals surface area contributed by atoms with E-state index in [1.165, 1.54) is 6.07 Å². The van der Waals surface area contributed by atoms with Crippen molar-refractivity contribution < 1.29 is 17.9 Å². The summed E-state index contributed by atoms with van der Waals surface area (Å²) in [7, 11) is 1.48. The molecule has 0 aromatic heterocycles. The van der Waals surface area contributed by atoms with Gasteiger partial charge in [-0.1, -0.05) is 0 Å². The number of carbonyl (C=O) groups excluding carboxylic acids is 1. The number of nitrogens with zero attached hydrogens (tertiary/aromatic N) is 1. The largest absolute Gasteiger partial charge is 0.378 e. The zero-order valence-corrected chi connectivity index (χ0v) is 13.9. The number of hydrogen-bond acceptors (Lipinski definition) is 4. The van der Waals surface area contributed by atoms with Crippen LogP contribution in [0.2, 0.25) is 0 Å². The Balaban J connectivity index is 2.42. The Morgan fingerprint density at radius 1 is 1.35 bits per heavy atom. The maximum Gasteiger partial charge on any atom is 0.262 e. The number of halogens is 2. The highest BCUT2D eigenvalue weighted by Crippen LogP contribution is 2.30. The Morgan fingerprint density at radius 2 is 1.95 bits per heavy atom. The zero-order chi connectivity index (χ0) is 14.9. The minimum Gasteiger partial charge on any atom is -0.378 e. The molecule has 5 nitrogen and oxygen atoms in total. The summed E-state index contributed by atoms with van der Waals surface area (Å²) in [5, 5.41) is 0. The monoisotopic (exact) mass is 381 g/mol. The van der Waals surface area contributed by atoms with E-state index < -0.39 is 9.05 Å². The summed E-state index contributed by atoms with van der Waals surface area (Å²) in [5.41, 5.74) is 0.954. The molecule has 0 bridgehead atoms. The summed E-state index contributed by atoms with van der Waals surface area (Å²) < 4.78 is 28.7. The van der Waals surface area contributed by atoms with E-state index in [2.05, 4.69) is 15.9 Å². The van der Waals surface area contributed by atoms with Crippen molar-refractivity contribution in [1.29, 1.82) is 0 Å². The molecular formula is C12H13BrClNO4S. The van der Waals surface area contributed by atoms with E-state index >= 15 is 0 Å². The minimum absolute atomic E-state index is 0.0872. The molecule has 1 aliphatic heterocycles. The lowest BCUT2D eigenvalue weighted by molar-refractivity contribution is 0.0302. The van der Waals surface area contributed by atoms with Crippen molar-refractivity contribution in [2.75, 3.05) is 26.3 Å². The van der Waals surface area contributed by atoms with Gasteiger partial charge >= 0.3 is 0 Å². The fraction of sp³-hybridized carbons (Fsp3) is 0.417. The van der Waals surface area contributed by atoms with Gasteiger partial charge in [-0.25, -0.2) is 8.42 Å². The number of benzene rings is 1. The van der Waals surface area contributed by atoms with Gasteiger partial charge in [0, 0.05) is 33.8 Å². The summed E-state index contributed by atoms with van der Waals surface area (Å²) in [6.07, 6.45) is 0. The third kappa shape index (κ3) is 3.33. The molecule has 2 rings (SSSR count). The van der Waals surface area contributed by atoms with Crippen molar-refractivity contribution >= 4 is 41.6 Å². The Bertz CT molecular complexity index is 641. The van der Waals surface area contributed by atoms with Crippen LogP contribution in [0.5, 0.6) is 0 Å². The molecule has 1 amide bonds. The van der Waals surface area contributed by atoms with E-state index in [1.54, 1.807) is 17.9 Å². The predicted molar refractivity (Wildman–Crippen MR) is 78.6 cm³/mol. The summed E-state index contributed by atoms with van der Waals surface area (Å²) in [4.78, 5) is 13.9. The predicted octanol–water partition coefficient (Wildman–Crippen LogP) is 2.16. The average Bonchev–Trinajstić information content (AvgIpc) is 2.40. The first-order valence-electron chi connectivity index (χ1n) is 5.92. The molecule has 20 heavy (non-hydrogen) atoms. The lowest BCUT2D eigenvalue weighted by atomic mass is 10.1. The fourth-order valence-electron chi connectivity index (χ4n) is 1.99. The molecule has 0 aliphatic carbocycles. The number of carbonyl (C=O) groups is 1. The van der Waals surface area contributed by atoms with E-state index in [0.29, 0.717) is 41.9 Å². The maximum atomic E-state index is 12.4. The molecule has 0 saturated carbocycles. The molecule has 1 aliphatic rings. The van der Waals surface area contributed by atoms with E-state index in [9.17, 15) is 13.2 Å². The molecule has 0 N–H and O–H groups in total. The summed E-state index contributed by atoms with van der Waals surface area (Å²) >= 11 is 3.19. The van der Waals surface area contributed by atoms with Gasteiger partial charge in [-0.2, -0.15) is 0 Å². The highest BCUT2D eigenvalue weighted by molar-refractivity contribution is 9.10. The SMILES string of the molecule is Cc1cc(C(=O)N2CCOCC2)cc(S(=O)(=O)Cl)c1Br. The molecule has 0 spiro atoms. The molecule has 1 saturated heterocycles. The highest BCUT2D eigenvalue weighted by atomic mass is 79.9. The van der Waals surface area contributed by atoms with Crippen molar-refractivity contribution in [3.05, 3.63) is 27.7 Å². The topological polar surface area (TPSA) is 63.7 Å². The van der Waals surface area contributed by atoms with Crippen LogP contribution in [-0.4, -0.2) is 45.5 Å². The molecule has 1 aromatic rings. The second-order valence-corrected chi connectivity index (χ2v) is 7.78.